The van der Waals surface area contributed by atoms with Crippen LogP contribution < -0.4 is 0 Å². The van der Waals surface area contributed by atoms with Gasteiger partial charge in [-0.15, -0.1) is 0 Å². The average Bonchev–Trinajstić information content (AvgIpc) is 2.04. The summed E-state index contributed by atoms with van der Waals surface area (Å²) in [5.74, 6) is 1.06. The molecule has 1 N–H and O–H groups in total. The van der Waals surface area contributed by atoms with Gasteiger partial charge in [-0.3, -0.25) is 0 Å². The van der Waals surface area contributed by atoms with E-state index in [1.807, 2.05) is 12.1 Å². The Labute approximate surface area is 86.9 Å². The Hall–Kier alpha value is -0.250. The Morgan fingerprint density at radius 3 is 2.83 bits per heavy atom. The van der Waals surface area contributed by atoms with Crippen molar-refractivity contribution in [2.45, 2.75) is 13.3 Å². The van der Waals surface area contributed by atoms with Gasteiger partial charge in [0.1, 0.15) is 5.75 Å². The molecule has 0 aromatic heterocycles. The predicted octanol–water partition coefficient (Wildman–Crippen LogP) is 3.01. The van der Waals surface area contributed by atoms with Crippen LogP contribution in [0.25, 0.3) is 0 Å². The molecule has 0 bridgehead atoms. The highest BCUT2D eigenvalue weighted by atomic mass is 127. The molecule has 0 aliphatic rings. The third kappa shape index (κ3) is 3.01. The number of rotatable bonds is 3. The summed E-state index contributed by atoms with van der Waals surface area (Å²) >= 11 is 2.39. The predicted molar refractivity (Wildman–Crippen MR) is 59.9 cm³/mol. The average molecular weight is 276 g/mol. The van der Waals surface area contributed by atoms with E-state index in [1.165, 1.54) is 5.56 Å². The van der Waals surface area contributed by atoms with Crippen molar-refractivity contribution in [1.29, 1.82) is 0 Å². The van der Waals surface area contributed by atoms with Gasteiger partial charge >= 0.3 is 0 Å². The quantitative estimate of drug-likeness (QED) is 0.664. The fourth-order valence-electron chi connectivity index (χ4n) is 1.14. The molecule has 0 heterocycles. The summed E-state index contributed by atoms with van der Waals surface area (Å²) < 4.78 is 1.16. The van der Waals surface area contributed by atoms with E-state index in [9.17, 15) is 5.11 Å². The summed E-state index contributed by atoms with van der Waals surface area (Å²) in [6.07, 6.45) is 1.05. The minimum atomic E-state index is 0.369. The van der Waals surface area contributed by atoms with Gasteiger partial charge in [0.25, 0.3) is 0 Å². The lowest BCUT2D eigenvalue weighted by atomic mass is 10.0. The van der Waals surface area contributed by atoms with Crippen molar-refractivity contribution in [2.75, 3.05) is 4.43 Å². The molecule has 0 saturated heterocycles. The second-order valence-corrected chi connectivity index (χ2v) is 4.01. The number of halogens is 1. The van der Waals surface area contributed by atoms with E-state index in [2.05, 4.69) is 35.6 Å². The number of alkyl halides is 1. The zero-order valence-corrected chi connectivity index (χ0v) is 9.28. The summed E-state index contributed by atoms with van der Waals surface area (Å²) in [7, 11) is 0. The molecule has 1 rings (SSSR count). The van der Waals surface area contributed by atoms with E-state index in [0.717, 1.165) is 10.8 Å². The Kier molecular flexibility index (Phi) is 3.85. The molecule has 0 amide bonds. The SMILES string of the molecule is C[C@@H](CI)Cc1cccc(O)c1. The topological polar surface area (TPSA) is 20.2 Å². The van der Waals surface area contributed by atoms with Crippen LogP contribution in [-0.2, 0) is 6.42 Å². The van der Waals surface area contributed by atoms with Crippen LogP contribution in [0.4, 0.5) is 0 Å². The number of phenols is 1. The number of aromatic hydroxyl groups is 1. The monoisotopic (exact) mass is 276 g/mol. The van der Waals surface area contributed by atoms with Crippen LogP contribution in [0.5, 0.6) is 5.75 Å². The fraction of sp³-hybridized carbons (Fsp3) is 0.400. The van der Waals surface area contributed by atoms with Crippen LogP contribution in [0.1, 0.15) is 12.5 Å². The van der Waals surface area contributed by atoms with Gasteiger partial charge < -0.3 is 5.11 Å². The first-order valence-electron chi connectivity index (χ1n) is 4.06. The minimum absolute atomic E-state index is 0.369. The van der Waals surface area contributed by atoms with Crippen molar-refractivity contribution in [1.82, 2.24) is 0 Å². The molecule has 0 unspecified atom stereocenters. The van der Waals surface area contributed by atoms with Crippen molar-refractivity contribution in [3.8, 4) is 5.75 Å². The zero-order valence-electron chi connectivity index (χ0n) is 7.13. The molecule has 0 aliphatic heterocycles. The van der Waals surface area contributed by atoms with Crippen LogP contribution in [0.3, 0.4) is 0 Å². The smallest absolute Gasteiger partial charge is 0.115 e. The van der Waals surface area contributed by atoms with E-state index in [0.29, 0.717) is 11.7 Å². The van der Waals surface area contributed by atoms with Crippen molar-refractivity contribution >= 4 is 22.6 Å². The van der Waals surface area contributed by atoms with Gasteiger partial charge in [0.2, 0.25) is 0 Å². The highest BCUT2D eigenvalue weighted by Gasteiger charge is 2.01. The maximum Gasteiger partial charge on any atom is 0.115 e. The molecule has 66 valence electrons. The zero-order chi connectivity index (χ0) is 8.97. The lowest BCUT2D eigenvalue weighted by molar-refractivity contribution is 0.474. The van der Waals surface area contributed by atoms with E-state index in [4.69, 9.17) is 0 Å². The summed E-state index contributed by atoms with van der Waals surface area (Å²) in [6.45, 7) is 2.22. The van der Waals surface area contributed by atoms with E-state index in [1.54, 1.807) is 6.07 Å². The molecule has 0 radical (unpaired) electrons. The number of benzene rings is 1. The van der Waals surface area contributed by atoms with Crippen molar-refractivity contribution in [3.63, 3.8) is 0 Å². The lowest BCUT2D eigenvalue weighted by Crippen LogP contribution is -1.99. The Bertz CT molecular complexity index is 247. The highest BCUT2D eigenvalue weighted by Crippen LogP contribution is 2.15. The summed E-state index contributed by atoms with van der Waals surface area (Å²) in [5, 5.41) is 9.20. The first kappa shape index (κ1) is 9.84. The van der Waals surface area contributed by atoms with Crippen LogP contribution in [0, 0.1) is 5.92 Å². The molecule has 0 aliphatic carbocycles. The van der Waals surface area contributed by atoms with Gasteiger partial charge in [-0.05, 0) is 30.0 Å². The summed E-state index contributed by atoms with van der Waals surface area (Å²) in [6, 6.07) is 7.49. The van der Waals surface area contributed by atoms with Crippen molar-refractivity contribution in [3.05, 3.63) is 29.8 Å². The normalized spacial score (nSPS) is 12.8. The van der Waals surface area contributed by atoms with Gasteiger partial charge in [0.05, 0.1) is 0 Å². The van der Waals surface area contributed by atoms with Gasteiger partial charge in [0, 0.05) is 4.43 Å². The third-order valence-electron chi connectivity index (χ3n) is 1.76. The minimum Gasteiger partial charge on any atom is -0.508 e. The van der Waals surface area contributed by atoms with Gasteiger partial charge in [0.15, 0.2) is 0 Å². The molecule has 0 spiro atoms. The molecule has 0 fully saturated rings. The standard InChI is InChI=1S/C10H13IO/c1-8(7-11)5-9-3-2-4-10(12)6-9/h2-4,6,8,12H,5,7H2,1H3/t8-/m1/s1. The Balaban J connectivity index is 2.63. The third-order valence-corrected chi connectivity index (χ3v) is 3.26. The van der Waals surface area contributed by atoms with E-state index >= 15 is 0 Å². The summed E-state index contributed by atoms with van der Waals surface area (Å²) in [4.78, 5) is 0. The molecule has 1 atom stereocenters. The second-order valence-electron chi connectivity index (χ2n) is 3.13. The molecular formula is C10H13IO. The molecule has 0 saturated carbocycles. The van der Waals surface area contributed by atoms with Crippen LogP contribution in [0.2, 0.25) is 0 Å². The molecule has 12 heavy (non-hydrogen) atoms. The van der Waals surface area contributed by atoms with Crippen molar-refractivity contribution < 1.29 is 5.11 Å². The van der Waals surface area contributed by atoms with Crippen LogP contribution in [-0.4, -0.2) is 9.53 Å². The number of hydrogen-bond donors (Lipinski definition) is 1. The maximum absolute atomic E-state index is 9.20. The van der Waals surface area contributed by atoms with Crippen LogP contribution in [0.15, 0.2) is 24.3 Å². The maximum atomic E-state index is 9.20. The Morgan fingerprint density at radius 1 is 1.50 bits per heavy atom. The molecule has 2 heteroatoms. The van der Waals surface area contributed by atoms with Crippen molar-refractivity contribution in [2.24, 2.45) is 5.92 Å². The van der Waals surface area contributed by atoms with Crippen LogP contribution >= 0.6 is 22.6 Å². The lowest BCUT2D eigenvalue weighted by Gasteiger charge is -2.06. The van der Waals surface area contributed by atoms with E-state index in [-0.39, 0.29) is 0 Å². The second kappa shape index (κ2) is 4.70. The van der Waals surface area contributed by atoms with Gasteiger partial charge in [-0.2, -0.15) is 0 Å². The molecular weight excluding hydrogens is 263 g/mol. The largest absolute Gasteiger partial charge is 0.508 e. The number of phenolic OH excluding ortho intramolecular Hbond substituents is 1. The fourth-order valence-corrected chi connectivity index (χ4v) is 1.45. The summed E-state index contributed by atoms with van der Waals surface area (Å²) in [5.41, 5.74) is 1.22. The highest BCUT2D eigenvalue weighted by molar-refractivity contribution is 14.1. The van der Waals surface area contributed by atoms with Gasteiger partial charge in [-0.1, -0.05) is 41.6 Å². The Morgan fingerprint density at radius 2 is 2.25 bits per heavy atom. The first-order chi connectivity index (χ1) is 5.72. The van der Waals surface area contributed by atoms with Gasteiger partial charge in [-0.25, -0.2) is 0 Å². The number of hydrogen-bond acceptors (Lipinski definition) is 1. The van der Waals surface area contributed by atoms with E-state index < -0.39 is 0 Å². The first-order valence-corrected chi connectivity index (χ1v) is 5.59. The molecule has 1 aromatic rings. The molecule has 1 nitrogen and oxygen atoms in total. The molecule has 1 aromatic carbocycles.